The summed E-state index contributed by atoms with van der Waals surface area (Å²) in [6.07, 6.45) is 1.85. The van der Waals surface area contributed by atoms with E-state index in [4.69, 9.17) is 5.41 Å². The SMILES string of the molecule is CN(C)c1ccc(/C=C2\SC(=N)C(Nc3ccccc3)C2=O)cc1. The van der Waals surface area contributed by atoms with Gasteiger partial charge in [-0.3, -0.25) is 10.2 Å². The van der Waals surface area contributed by atoms with E-state index in [9.17, 15) is 4.79 Å². The van der Waals surface area contributed by atoms with Gasteiger partial charge in [-0.25, -0.2) is 0 Å². The largest absolute Gasteiger partial charge is 0.378 e. The lowest BCUT2D eigenvalue weighted by atomic mass is 10.1. The summed E-state index contributed by atoms with van der Waals surface area (Å²) in [5, 5.41) is 11.6. The highest BCUT2D eigenvalue weighted by atomic mass is 32.2. The summed E-state index contributed by atoms with van der Waals surface area (Å²) in [5.74, 6) is -0.0504. The van der Waals surface area contributed by atoms with Crippen molar-refractivity contribution in [1.29, 1.82) is 5.41 Å². The molecule has 1 atom stereocenters. The van der Waals surface area contributed by atoms with Crippen molar-refractivity contribution < 1.29 is 4.79 Å². The van der Waals surface area contributed by atoms with Crippen LogP contribution in [0.25, 0.3) is 6.08 Å². The monoisotopic (exact) mass is 337 g/mol. The predicted octanol–water partition coefficient (Wildman–Crippen LogP) is 3.87. The highest BCUT2D eigenvalue weighted by molar-refractivity contribution is 8.19. The van der Waals surface area contributed by atoms with Gasteiger partial charge < -0.3 is 10.2 Å². The number of hydrogen-bond donors (Lipinski definition) is 2. The van der Waals surface area contributed by atoms with Gasteiger partial charge in [0.15, 0.2) is 5.78 Å². The van der Waals surface area contributed by atoms with Crippen molar-refractivity contribution in [1.82, 2.24) is 0 Å². The quantitative estimate of drug-likeness (QED) is 0.832. The maximum Gasteiger partial charge on any atom is 0.198 e. The zero-order valence-electron chi connectivity index (χ0n) is 13.6. The van der Waals surface area contributed by atoms with Crippen LogP contribution in [0.15, 0.2) is 59.5 Å². The molecule has 2 aromatic rings. The molecule has 2 aromatic carbocycles. The molecule has 5 heteroatoms. The van der Waals surface area contributed by atoms with Crippen molar-refractivity contribution in [2.75, 3.05) is 24.3 Å². The Labute approximate surface area is 146 Å². The number of rotatable bonds is 4. The minimum Gasteiger partial charge on any atom is -0.378 e. The second-order valence-electron chi connectivity index (χ2n) is 5.77. The Morgan fingerprint density at radius 3 is 2.38 bits per heavy atom. The lowest BCUT2D eigenvalue weighted by molar-refractivity contribution is -0.114. The Bertz CT molecular complexity index is 782. The molecule has 0 amide bonds. The van der Waals surface area contributed by atoms with E-state index in [1.54, 1.807) is 0 Å². The number of carbonyl (C=O) groups is 1. The average molecular weight is 337 g/mol. The first kappa shape index (κ1) is 16.3. The first-order valence-corrected chi connectivity index (χ1v) is 8.47. The van der Waals surface area contributed by atoms with E-state index in [0.29, 0.717) is 9.95 Å². The van der Waals surface area contributed by atoms with Crippen LogP contribution in [0.1, 0.15) is 5.56 Å². The van der Waals surface area contributed by atoms with Crippen molar-refractivity contribution in [3.63, 3.8) is 0 Å². The van der Waals surface area contributed by atoms with Gasteiger partial charge in [-0.05, 0) is 35.9 Å². The Morgan fingerprint density at radius 2 is 1.75 bits per heavy atom. The number of thioether (sulfide) groups is 1. The van der Waals surface area contributed by atoms with E-state index in [0.717, 1.165) is 16.9 Å². The molecular formula is C19H19N3OS. The standard InChI is InChI=1S/C19H19N3OS/c1-22(2)15-10-8-13(9-11-15)12-16-18(23)17(19(20)24-16)21-14-6-4-3-5-7-14/h3-12,17,20-21H,1-2H3/b16-12-,20-19?. The third kappa shape index (κ3) is 3.51. The zero-order chi connectivity index (χ0) is 17.1. The van der Waals surface area contributed by atoms with Gasteiger partial charge in [-0.1, -0.05) is 42.1 Å². The van der Waals surface area contributed by atoms with E-state index in [1.165, 1.54) is 11.8 Å². The molecule has 0 aromatic heterocycles. The van der Waals surface area contributed by atoms with Gasteiger partial charge in [0.2, 0.25) is 0 Å². The van der Waals surface area contributed by atoms with E-state index >= 15 is 0 Å². The Balaban J connectivity index is 1.78. The molecule has 0 spiro atoms. The number of ketones is 1. The summed E-state index contributed by atoms with van der Waals surface area (Å²) in [6.45, 7) is 0. The second-order valence-corrected chi connectivity index (χ2v) is 6.85. The normalized spacial score (nSPS) is 18.9. The van der Waals surface area contributed by atoms with Gasteiger partial charge in [0.25, 0.3) is 0 Å². The summed E-state index contributed by atoms with van der Waals surface area (Å²) in [5.41, 5.74) is 2.92. The molecule has 1 aliphatic rings. The number of para-hydroxylation sites is 1. The predicted molar refractivity (Wildman–Crippen MR) is 103 cm³/mol. The smallest absolute Gasteiger partial charge is 0.198 e. The van der Waals surface area contributed by atoms with Gasteiger partial charge in [0, 0.05) is 25.5 Å². The lowest BCUT2D eigenvalue weighted by Crippen LogP contribution is -2.30. The first-order chi connectivity index (χ1) is 11.5. The van der Waals surface area contributed by atoms with Crippen molar-refractivity contribution >= 4 is 40.0 Å². The fourth-order valence-corrected chi connectivity index (χ4v) is 3.38. The number of hydrogen-bond acceptors (Lipinski definition) is 5. The van der Waals surface area contributed by atoms with Gasteiger partial charge >= 0.3 is 0 Å². The van der Waals surface area contributed by atoms with Crippen molar-refractivity contribution in [3.05, 3.63) is 65.1 Å². The second kappa shape index (κ2) is 6.93. The molecule has 2 N–H and O–H groups in total. The van der Waals surface area contributed by atoms with E-state index in [2.05, 4.69) is 5.32 Å². The Kier molecular flexibility index (Phi) is 4.71. The number of anilines is 2. The van der Waals surface area contributed by atoms with Gasteiger partial charge in [0.1, 0.15) is 6.04 Å². The number of Topliss-reactive ketones (excluding diaryl/α,β-unsaturated/α-hetero) is 1. The van der Waals surface area contributed by atoms with Crippen molar-refractivity contribution in [3.8, 4) is 0 Å². The number of benzene rings is 2. The summed E-state index contributed by atoms with van der Waals surface area (Å²) >= 11 is 1.23. The van der Waals surface area contributed by atoms with Gasteiger partial charge in [-0.15, -0.1) is 0 Å². The fourth-order valence-electron chi connectivity index (χ4n) is 2.44. The van der Waals surface area contributed by atoms with E-state index < -0.39 is 6.04 Å². The highest BCUT2D eigenvalue weighted by Crippen LogP contribution is 2.33. The minimum atomic E-state index is -0.593. The van der Waals surface area contributed by atoms with Gasteiger partial charge in [0.05, 0.1) is 9.95 Å². The molecule has 0 bridgehead atoms. The Hall–Kier alpha value is -2.53. The van der Waals surface area contributed by atoms with Crippen LogP contribution in [0.5, 0.6) is 0 Å². The van der Waals surface area contributed by atoms with E-state index in [1.807, 2.05) is 79.7 Å². The molecule has 0 saturated carbocycles. The molecule has 1 unspecified atom stereocenters. The minimum absolute atomic E-state index is 0.0504. The lowest BCUT2D eigenvalue weighted by Gasteiger charge is -2.12. The zero-order valence-corrected chi connectivity index (χ0v) is 14.4. The molecule has 122 valence electrons. The molecule has 3 rings (SSSR count). The number of carbonyl (C=O) groups excluding carboxylic acids is 1. The van der Waals surface area contributed by atoms with Crippen LogP contribution in [-0.2, 0) is 4.79 Å². The molecule has 0 radical (unpaired) electrons. The number of nitrogens with one attached hydrogen (secondary N) is 2. The molecule has 4 nitrogen and oxygen atoms in total. The number of nitrogens with zero attached hydrogens (tertiary/aromatic N) is 1. The van der Waals surface area contributed by atoms with Gasteiger partial charge in [-0.2, -0.15) is 0 Å². The van der Waals surface area contributed by atoms with Crippen LogP contribution < -0.4 is 10.2 Å². The molecule has 0 aliphatic carbocycles. The van der Waals surface area contributed by atoms with Crippen molar-refractivity contribution in [2.45, 2.75) is 6.04 Å². The third-order valence-corrected chi connectivity index (χ3v) is 4.77. The third-order valence-electron chi connectivity index (χ3n) is 3.78. The fraction of sp³-hybridized carbons (Fsp3) is 0.158. The summed E-state index contributed by atoms with van der Waals surface area (Å²) in [7, 11) is 3.98. The molecule has 1 aliphatic heterocycles. The Morgan fingerprint density at radius 1 is 1.08 bits per heavy atom. The van der Waals surface area contributed by atoms with Crippen LogP contribution in [0, 0.1) is 5.41 Å². The van der Waals surface area contributed by atoms with Crippen LogP contribution >= 0.6 is 11.8 Å². The molecule has 1 fully saturated rings. The first-order valence-electron chi connectivity index (χ1n) is 7.66. The van der Waals surface area contributed by atoms with Crippen LogP contribution in [0.4, 0.5) is 11.4 Å². The molecule has 1 saturated heterocycles. The molecule has 24 heavy (non-hydrogen) atoms. The molecule has 1 heterocycles. The van der Waals surface area contributed by atoms with Crippen LogP contribution in [0.3, 0.4) is 0 Å². The van der Waals surface area contributed by atoms with Crippen LogP contribution in [-0.4, -0.2) is 31.0 Å². The topological polar surface area (TPSA) is 56.2 Å². The van der Waals surface area contributed by atoms with Crippen molar-refractivity contribution in [2.24, 2.45) is 0 Å². The maximum absolute atomic E-state index is 12.6. The average Bonchev–Trinajstić information content (AvgIpc) is 2.84. The summed E-state index contributed by atoms with van der Waals surface area (Å²) in [6, 6.07) is 16.9. The molecular weight excluding hydrogens is 318 g/mol. The van der Waals surface area contributed by atoms with E-state index in [-0.39, 0.29) is 5.78 Å². The maximum atomic E-state index is 12.6. The summed E-state index contributed by atoms with van der Waals surface area (Å²) < 4.78 is 0. The van der Waals surface area contributed by atoms with Crippen LogP contribution in [0.2, 0.25) is 0 Å². The highest BCUT2D eigenvalue weighted by Gasteiger charge is 2.35. The summed E-state index contributed by atoms with van der Waals surface area (Å²) in [4.78, 5) is 15.2.